The molecule has 0 saturated carbocycles. The molecule has 0 aliphatic carbocycles. The molecule has 0 saturated heterocycles. The van der Waals surface area contributed by atoms with Gasteiger partial charge in [-0.3, -0.25) is 9.78 Å². The van der Waals surface area contributed by atoms with E-state index in [9.17, 15) is 23.1 Å². The number of aliphatic hydroxyl groups excluding tert-OH is 1. The van der Waals surface area contributed by atoms with E-state index in [0.717, 1.165) is 29.8 Å². The maximum atomic E-state index is 12.5. The van der Waals surface area contributed by atoms with Gasteiger partial charge < -0.3 is 10.0 Å². The highest BCUT2D eigenvalue weighted by atomic mass is 19.4. The van der Waals surface area contributed by atoms with E-state index in [1.807, 2.05) is 13.0 Å². The summed E-state index contributed by atoms with van der Waals surface area (Å²) in [6, 6.07) is 7.52. The van der Waals surface area contributed by atoms with Crippen LogP contribution in [0.1, 0.15) is 28.5 Å². The molecule has 0 aliphatic rings. The van der Waals surface area contributed by atoms with E-state index in [-0.39, 0.29) is 12.1 Å². The van der Waals surface area contributed by atoms with Crippen LogP contribution in [0.25, 0.3) is 0 Å². The quantitative estimate of drug-likeness (QED) is 0.932. The number of aromatic nitrogens is 1. The number of alkyl halides is 3. The third-order valence-corrected chi connectivity index (χ3v) is 3.67. The number of carbonyl (C=O) groups excluding carboxylic acids is 1. The molecule has 1 N–H and O–H groups in total. The van der Waals surface area contributed by atoms with Crippen molar-refractivity contribution in [3.8, 4) is 0 Å². The average Bonchev–Trinajstić information content (AvgIpc) is 2.55. The third kappa shape index (κ3) is 4.11. The summed E-state index contributed by atoms with van der Waals surface area (Å²) in [5, 5.41) is 10.1. The molecule has 1 aromatic carbocycles. The summed E-state index contributed by atoms with van der Waals surface area (Å²) in [7, 11) is 1.50. The molecular weight excluding hydrogens is 321 g/mol. The number of aliphatic hydroxyl groups is 1. The Hall–Kier alpha value is -2.41. The van der Waals surface area contributed by atoms with Crippen LogP contribution in [0.15, 0.2) is 42.6 Å². The van der Waals surface area contributed by atoms with Crippen molar-refractivity contribution < 1.29 is 23.1 Å². The van der Waals surface area contributed by atoms with Crippen LogP contribution in [0.4, 0.5) is 13.2 Å². The molecule has 24 heavy (non-hydrogen) atoms. The molecule has 0 radical (unpaired) electrons. The van der Waals surface area contributed by atoms with Crippen LogP contribution in [0, 0.1) is 6.92 Å². The first-order valence-corrected chi connectivity index (χ1v) is 7.21. The molecule has 2 aromatic rings. The van der Waals surface area contributed by atoms with Gasteiger partial charge in [0.15, 0.2) is 6.10 Å². The minimum absolute atomic E-state index is 0.109. The second-order valence-electron chi connectivity index (χ2n) is 5.48. The van der Waals surface area contributed by atoms with E-state index in [2.05, 4.69) is 4.98 Å². The van der Waals surface area contributed by atoms with Crippen molar-refractivity contribution in [2.75, 3.05) is 7.05 Å². The SMILES string of the molecule is Cc1cccnc1CN(C)C(=O)[C@@H](O)c1ccc(C(F)(F)F)cc1. The molecule has 1 amide bonds. The summed E-state index contributed by atoms with van der Waals surface area (Å²) in [5.41, 5.74) is 0.870. The molecule has 1 aromatic heterocycles. The van der Waals surface area contributed by atoms with Crippen molar-refractivity contribution in [1.29, 1.82) is 0 Å². The van der Waals surface area contributed by atoms with Gasteiger partial charge in [0.25, 0.3) is 5.91 Å². The number of rotatable bonds is 4. The summed E-state index contributed by atoms with van der Waals surface area (Å²) in [4.78, 5) is 17.7. The number of carbonyl (C=O) groups is 1. The summed E-state index contributed by atoms with van der Waals surface area (Å²) in [6.07, 6.45) is -4.38. The molecule has 0 aliphatic heterocycles. The third-order valence-electron chi connectivity index (χ3n) is 3.67. The fourth-order valence-corrected chi connectivity index (χ4v) is 2.19. The highest BCUT2D eigenvalue weighted by Gasteiger charge is 2.31. The van der Waals surface area contributed by atoms with Crippen molar-refractivity contribution in [2.45, 2.75) is 25.7 Å². The minimum Gasteiger partial charge on any atom is -0.378 e. The fraction of sp³-hybridized carbons (Fsp3) is 0.294. The zero-order chi connectivity index (χ0) is 17.9. The number of likely N-dealkylation sites (N-methyl/N-ethyl adjacent to an activating group) is 1. The van der Waals surface area contributed by atoms with Gasteiger partial charge >= 0.3 is 6.18 Å². The lowest BCUT2D eigenvalue weighted by Gasteiger charge is -2.21. The fourth-order valence-electron chi connectivity index (χ4n) is 2.19. The number of amides is 1. The maximum Gasteiger partial charge on any atom is 0.416 e. The van der Waals surface area contributed by atoms with Crippen LogP contribution in [-0.2, 0) is 17.5 Å². The average molecular weight is 338 g/mol. The Kier molecular flexibility index (Phi) is 5.23. The lowest BCUT2D eigenvalue weighted by molar-refractivity contribution is -0.139. The number of hydrogen-bond acceptors (Lipinski definition) is 3. The predicted molar refractivity (Wildman–Crippen MR) is 81.9 cm³/mol. The molecule has 1 atom stereocenters. The van der Waals surface area contributed by atoms with Crippen molar-refractivity contribution in [1.82, 2.24) is 9.88 Å². The molecule has 1 heterocycles. The summed E-state index contributed by atoms with van der Waals surface area (Å²) >= 11 is 0. The molecule has 0 unspecified atom stereocenters. The number of benzene rings is 1. The zero-order valence-corrected chi connectivity index (χ0v) is 13.2. The first-order valence-electron chi connectivity index (χ1n) is 7.21. The molecule has 0 bridgehead atoms. The predicted octanol–water partition coefficient (Wildman–Crippen LogP) is 3.10. The van der Waals surface area contributed by atoms with E-state index in [4.69, 9.17) is 0 Å². The van der Waals surface area contributed by atoms with Gasteiger partial charge in [-0.05, 0) is 36.2 Å². The highest BCUT2D eigenvalue weighted by molar-refractivity contribution is 5.81. The van der Waals surface area contributed by atoms with Crippen LogP contribution in [-0.4, -0.2) is 27.9 Å². The van der Waals surface area contributed by atoms with Crippen LogP contribution < -0.4 is 0 Å². The second-order valence-corrected chi connectivity index (χ2v) is 5.48. The minimum atomic E-state index is -4.46. The van der Waals surface area contributed by atoms with Crippen LogP contribution in [0.2, 0.25) is 0 Å². The smallest absolute Gasteiger partial charge is 0.378 e. The topological polar surface area (TPSA) is 53.4 Å². The second kappa shape index (κ2) is 7.00. The Labute approximate surface area is 137 Å². The van der Waals surface area contributed by atoms with Gasteiger partial charge in [0.05, 0.1) is 17.8 Å². The van der Waals surface area contributed by atoms with Gasteiger partial charge in [0.2, 0.25) is 0 Å². The largest absolute Gasteiger partial charge is 0.416 e. The number of hydrogen-bond donors (Lipinski definition) is 1. The number of aryl methyl sites for hydroxylation is 1. The normalized spacial score (nSPS) is 12.8. The lowest BCUT2D eigenvalue weighted by Crippen LogP contribution is -2.31. The van der Waals surface area contributed by atoms with E-state index in [0.29, 0.717) is 5.69 Å². The Morgan fingerprint density at radius 1 is 1.25 bits per heavy atom. The van der Waals surface area contributed by atoms with Crippen LogP contribution >= 0.6 is 0 Å². The van der Waals surface area contributed by atoms with Crippen molar-refractivity contribution in [3.63, 3.8) is 0 Å². The molecule has 4 nitrogen and oxygen atoms in total. The van der Waals surface area contributed by atoms with E-state index in [1.165, 1.54) is 11.9 Å². The van der Waals surface area contributed by atoms with E-state index >= 15 is 0 Å². The highest BCUT2D eigenvalue weighted by Crippen LogP contribution is 2.30. The van der Waals surface area contributed by atoms with Crippen molar-refractivity contribution in [3.05, 3.63) is 65.0 Å². The van der Waals surface area contributed by atoms with Gasteiger partial charge in [-0.1, -0.05) is 18.2 Å². The number of pyridine rings is 1. The Bertz CT molecular complexity index is 715. The van der Waals surface area contributed by atoms with Gasteiger partial charge in [0.1, 0.15) is 0 Å². The molecule has 0 fully saturated rings. The Balaban J connectivity index is 2.10. The van der Waals surface area contributed by atoms with Crippen LogP contribution in [0.5, 0.6) is 0 Å². The molecule has 7 heteroatoms. The van der Waals surface area contributed by atoms with Gasteiger partial charge in [-0.25, -0.2) is 0 Å². The first-order chi connectivity index (χ1) is 11.2. The monoisotopic (exact) mass is 338 g/mol. The molecule has 128 valence electrons. The molecule has 0 spiro atoms. The Morgan fingerprint density at radius 3 is 2.42 bits per heavy atom. The summed E-state index contributed by atoms with van der Waals surface area (Å²) < 4.78 is 37.6. The maximum absolute atomic E-state index is 12.5. The van der Waals surface area contributed by atoms with Crippen LogP contribution in [0.3, 0.4) is 0 Å². The molecule has 2 rings (SSSR count). The lowest BCUT2D eigenvalue weighted by atomic mass is 10.1. The zero-order valence-electron chi connectivity index (χ0n) is 13.2. The number of halogens is 3. The number of nitrogens with zero attached hydrogens (tertiary/aromatic N) is 2. The van der Waals surface area contributed by atoms with E-state index < -0.39 is 23.8 Å². The van der Waals surface area contributed by atoms with E-state index in [1.54, 1.807) is 12.3 Å². The molecular formula is C17H17F3N2O2. The van der Waals surface area contributed by atoms with Crippen molar-refractivity contribution >= 4 is 5.91 Å². The van der Waals surface area contributed by atoms with Gasteiger partial charge in [0, 0.05) is 13.2 Å². The summed E-state index contributed by atoms with van der Waals surface area (Å²) in [6.45, 7) is 2.05. The standard InChI is InChI=1S/C17H17F3N2O2/c1-11-4-3-9-21-14(11)10-22(2)16(24)15(23)12-5-7-13(8-6-12)17(18,19)20/h3-9,15,23H,10H2,1-2H3/t15-/m0/s1. The van der Waals surface area contributed by atoms with Crippen molar-refractivity contribution in [2.24, 2.45) is 0 Å². The van der Waals surface area contributed by atoms with Gasteiger partial charge in [-0.15, -0.1) is 0 Å². The Morgan fingerprint density at radius 2 is 1.88 bits per heavy atom. The van der Waals surface area contributed by atoms with Gasteiger partial charge in [-0.2, -0.15) is 13.2 Å². The summed E-state index contributed by atoms with van der Waals surface area (Å²) in [5.74, 6) is -0.611. The first kappa shape index (κ1) is 17.9.